The predicted molar refractivity (Wildman–Crippen MR) is 93.3 cm³/mol. The van der Waals surface area contributed by atoms with Crippen LogP contribution >= 0.6 is 11.8 Å². The van der Waals surface area contributed by atoms with Crippen molar-refractivity contribution in [1.29, 1.82) is 0 Å². The molecule has 0 N–H and O–H groups in total. The van der Waals surface area contributed by atoms with E-state index in [-0.39, 0.29) is 0 Å². The van der Waals surface area contributed by atoms with Crippen LogP contribution in [0.25, 0.3) is 17.2 Å². The maximum Gasteiger partial charge on any atom is 0.220 e. The summed E-state index contributed by atoms with van der Waals surface area (Å²) in [4.78, 5) is 13.4. The van der Waals surface area contributed by atoms with Crippen molar-refractivity contribution in [2.75, 3.05) is 0 Å². The molecule has 7 nitrogen and oxygen atoms in total. The molecule has 122 valence electrons. The fraction of sp³-hybridized carbons (Fsp3) is 0.0588. The third-order valence-corrected chi connectivity index (χ3v) is 4.22. The normalized spacial score (nSPS) is 10.8. The zero-order valence-corrected chi connectivity index (χ0v) is 14.1. The Bertz CT molecular complexity index is 986. The van der Waals surface area contributed by atoms with E-state index in [1.807, 2.05) is 61.5 Å². The van der Waals surface area contributed by atoms with Gasteiger partial charge in [0.1, 0.15) is 10.7 Å². The van der Waals surface area contributed by atoms with Gasteiger partial charge in [0.05, 0.1) is 5.69 Å². The summed E-state index contributed by atoms with van der Waals surface area (Å²) < 4.78 is 1.68. The largest absolute Gasteiger partial charge is 0.253 e. The Morgan fingerprint density at radius 3 is 2.60 bits per heavy atom. The van der Waals surface area contributed by atoms with Gasteiger partial charge in [-0.3, -0.25) is 4.98 Å². The van der Waals surface area contributed by atoms with E-state index in [0.29, 0.717) is 11.0 Å². The molecule has 0 fully saturated rings. The van der Waals surface area contributed by atoms with Gasteiger partial charge in [0.2, 0.25) is 5.16 Å². The molecule has 0 unspecified atom stereocenters. The SMILES string of the molecule is Cc1cc(Sc2nnnn2-c2ccccc2)nc(-c2ccccn2)n1. The minimum absolute atomic E-state index is 0.585. The van der Waals surface area contributed by atoms with E-state index in [4.69, 9.17) is 0 Å². The van der Waals surface area contributed by atoms with E-state index < -0.39 is 0 Å². The molecule has 0 saturated heterocycles. The molecule has 0 saturated carbocycles. The van der Waals surface area contributed by atoms with Gasteiger partial charge in [0.25, 0.3) is 0 Å². The van der Waals surface area contributed by atoms with Gasteiger partial charge in [0.15, 0.2) is 5.82 Å². The van der Waals surface area contributed by atoms with Crippen LogP contribution in [0.4, 0.5) is 0 Å². The van der Waals surface area contributed by atoms with E-state index in [2.05, 4.69) is 30.5 Å². The highest BCUT2D eigenvalue weighted by atomic mass is 32.2. The monoisotopic (exact) mass is 347 g/mol. The Hall–Kier alpha value is -3.13. The van der Waals surface area contributed by atoms with Gasteiger partial charge < -0.3 is 0 Å². The first-order valence-corrected chi connectivity index (χ1v) is 8.40. The van der Waals surface area contributed by atoms with Crippen molar-refractivity contribution in [3.63, 3.8) is 0 Å². The third kappa shape index (κ3) is 3.38. The third-order valence-electron chi connectivity index (χ3n) is 3.36. The van der Waals surface area contributed by atoms with Crippen molar-refractivity contribution < 1.29 is 0 Å². The number of hydrogen-bond acceptors (Lipinski definition) is 7. The molecule has 0 radical (unpaired) electrons. The van der Waals surface area contributed by atoms with E-state index in [0.717, 1.165) is 22.1 Å². The lowest BCUT2D eigenvalue weighted by molar-refractivity contribution is 0.756. The zero-order valence-electron chi connectivity index (χ0n) is 13.3. The second-order valence-corrected chi connectivity index (χ2v) is 6.18. The summed E-state index contributed by atoms with van der Waals surface area (Å²) in [6.07, 6.45) is 1.73. The van der Waals surface area contributed by atoms with Crippen molar-refractivity contribution in [2.45, 2.75) is 17.1 Å². The van der Waals surface area contributed by atoms with Crippen LogP contribution in [-0.2, 0) is 0 Å². The molecule has 0 amide bonds. The van der Waals surface area contributed by atoms with Gasteiger partial charge >= 0.3 is 0 Å². The summed E-state index contributed by atoms with van der Waals surface area (Å²) in [7, 11) is 0. The Labute approximate surface area is 148 Å². The molecule has 8 heteroatoms. The first-order chi connectivity index (χ1) is 12.3. The molecule has 3 aromatic heterocycles. The lowest BCUT2D eigenvalue weighted by atomic mass is 10.3. The minimum atomic E-state index is 0.585. The van der Waals surface area contributed by atoms with Crippen molar-refractivity contribution in [3.05, 3.63) is 66.5 Å². The first kappa shape index (κ1) is 15.4. The van der Waals surface area contributed by atoms with Crippen molar-refractivity contribution in [2.24, 2.45) is 0 Å². The second kappa shape index (κ2) is 6.78. The summed E-state index contributed by atoms with van der Waals surface area (Å²) in [6.45, 7) is 1.93. The topological polar surface area (TPSA) is 82.3 Å². The number of benzene rings is 1. The van der Waals surface area contributed by atoms with Crippen LogP contribution in [0.2, 0.25) is 0 Å². The number of para-hydroxylation sites is 1. The van der Waals surface area contributed by atoms with Gasteiger partial charge in [-0.25, -0.2) is 9.97 Å². The molecule has 0 bridgehead atoms. The number of hydrogen-bond donors (Lipinski definition) is 0. The number of aromatic nitrogens is 7. The van der Waals surface area contributed by atoms with Gasteiger partial charge in [-0.2, -0.15) is 4.68 Å². The summed E-state index contributed by atoms with van der Waals surface area (Å²) >= 11 is 1.39. The van der Waals surface area contributed by atoms with Crippen LogP contribution in [0.3, 0.4) is 0 Å². The van der Waals surface area contributed by atoms with Crippen molar-refractivity contribution >= 4 is 11.8 Å². The van der Waals surface area contributed by atoms with Crippen LogP contribution in [0.5, 0.6) is 0 Å². The quantitative estimate of drug-likeness (QED) is 0.525. The molecule has 0 atom stereocenters. The summed E-state index contributed by atoms with van der Waals surface area (Å²) in [6, 6.07) is 17.3. The highest BCUT2D eigenvalue weighted by molar-refractivity contribution is 7.99. The van der Waals surface area contributed by atoms with Gasteiger partial charge in [-0.15, -0.1) is 5.10 Å². The van der Waals surface area contributed by atoms with E-state index >= 15 is 0 Å². The molecular weight excluding hydrogens is 334 g/mol. The van der Waals surface area contributed by atoms with Gasteiger partial charge in [-0.1, -0.05) is 24.3 Å². The second-order valence-electron chi connectivity index (χ2n) is 5.20. The highest BCUT2D eigenvalue weighted by Crippen LogP contribution is 2.27. The average molecular weight is 347 g/mol. The number of nitrogens with zero attached hydrogens (tertiary/aromatic N) is 7. The molecule has 0 aliphatic rings. The average Bonchev–Trinajstić information content (AvgIpc) is 3.11. The molecule has 1 aromatic carbocycles. The molecular formula is C17H13N7S. The smallest absolute Gasteiger partial charge is 0.220 e. The molecule has 0 aliphatic carbocycles. The number of rotatable bonds is 4. The Balaban J connectivity index is 1.69. The summed E-state index contributed by atoms with van der Waals surface area (Å²) in [5.41, 5.74) is 2.48. The molecule has 3 heterocycles. The van der Waals surface area contributed by atoms with Crippen LogP contribution in [0, 0.1) is 6.92 Å². The summed E-state index contributed by atoms with van der Waals surface area (Å²) in [5.74, 6) is 0.585. The zero-order chi connectivity index (χ0) is 17.1. The first-order valence-electron chi connectivity index (χ1n) is 7.58. The number of aryl methyl sites for hydroxylation is 1. The molecule has 4 rings (SSSR count). The van der Waals surface area contributed by atoms with Crippen LogP contribution in [0.15, 0.2) is 71.0 Å². The molecule has 25 heavy (non-hydrogen) atoms. The fourth-order valence-electron chi connectivity index (χ4n) is 2.27. The van der Waals surface area contributed by atoms with E-state index in [1.165, 1.54) is 11.8 Å². The van der Waals surface area contributed by atoms with Crippen LogP contribution in [-0.4, -0.2) is 35.2 Å². The Morgan fingerprint density at radius 1 is 0.960 bits per heavy atom. The maximum absolute atomic E-state index is 4.59. The molecule has 0 aliphatic heterocycles. The van der Waals surface area contributed by atoms with Gasteiger partial charge in [0, 0.05) is 11.9 Å². The lowest BCUT2D eigenvalue weighted by Gasteiger charge is -2.06. The Morgan fingerprint density at radius 2 is 1.80 bits per heavy atom. The standard InChI is InChI=1S/C17H13N7S/c1-12-11-15(20-16(19-12)14-9-5-6-10-18-14)25-17-21-22-23-24(17)13-7-3-2-4-8-13/h2-11H,1H3. The minimum Gasteiger partial charge on any atom is -0.253 e. The fourth-order valence-corrected chi connectivity index (χ4v) is 3.12. The number of pyridine rings is 1. The van der Waals surface area contributed by atoms with Crippen molar-refractivity contribution in [3.8, 4) is 17.2 Å². The molecule has 4 aromatic rings. The van der Waals surface area contributed by atoms with E-state index in [1.54, 1.807) is 10.9 Å². The lowest BCUT2D eigenvalue weighted by Crippen LogP contribution is -2.00. The van der Waals surface area contributed by atoms with Crippen molar-refractivity contribution in [1.82, 2.24) is 35.2 Å². The predicted octanol–water partition coefficient (Wildman–Crippen LogP) is 2.97. The molecule has 0 spiro atoms. The maximum atomic E-state index is 4.59. The highest BCUT2D eigenvalue weighted by Gasteiger charge is 2.13. The Kier molecular flexibility index (Phi) is 4.17. The van der Waals surface area contributed by atoms with Crippen LogP contribution < -0.4 is 0 Å². The summed E-state index contributed by atoms with van der Waals surface area (Å²) in [5, 5.41) is 13.4. The van der Waals surface area contributed by atoms with E-state index in [9.17, 15) is 0 Å². The van der Waals surface area contributed by atoms with Crippen LogP contribution in [0.1, 0.15) is 5.69 Å². The number of tetrazole rings is 1. The van der Waals surface area contributed by atoms with Gasteiger partial charge in [-0.05, 0) is 59.4 Å².